The fraction of sp³-hybridized carbons (Fsp3) is 0.100. The lowest BCUT2D eigenvalue weighted by atomic mass is 10.1. The molecule has 4 nitrogen and oxygen atoms in total. The average Bonchev–Trinajstić information content (AvgIpc) is 2.64. The van der Waals surface area contributed by atoms with Gasteiger partial charge in [-0.05, 0) is 61.2 Å². The number of hydrogen-bond acceptors (Lipinski definition) is 3. The summed E-state index contributed by atoms with van der Waals surface area (Å²) in [5, 5.41) is 12.1. The van der Waals surface area contributed by atoms with Gasteiger partial charge in [0.2, 0.25) is 0 Å². The van der Waals surface area contributed by atoms with Crippen molar-refractivity contribution in [2.75, 3.05) is 6.61 Å². The highest BCUT2D eigenvalue weighted by Gasteiger charge is 2.12. The summed E-state index contributed by atoms with van der Waals surface area (Å²) in [6.45, 7) is 4.35. The first-order valence-corrected chi connectivity index (χ1v) is 9.30. The molecule has 6 heteroatoms. The van der Waals surface area contributed by atoms with Crippen LogP contribution in [0, 0.1) is 11.3 Å². The Morgan fingerprint density at radius 1 is 1.23 bits per heavy atom. The van der Waals surface area contributed by atoms with Crippen molar-refractivity contribution in [1.82, 2.24) is 5.32 Å². The van der Waals surface area contributed by atoms with Crippen LogP contribution >= 0.6 is 31.9 Å². The second kappa shape index (κ2) is 9.95. The zero-order valence-electron chi connectivity index (χ0n) is 13.8. The maximum absolute atomic E-state index is 12.3. The first-order chi connectivity index (χ1) is 12.5. The van der Waals surface area contributed by atoms with Crippen LogP contribution in [0.15, 0.2) is 69.6 Å². The quantitative estimate of drug-likeness (QED) is 0.348. The summed E-state index contributed by atoms with van der Waals surface area (Å²) in [7, 11) is 0. The van der Waals surface area contributed by atoms with Crippen LogP contribution in [0.25, 0.3) is 6.08 Å². The standard InChI is InChI=1S/C20H16Br2N2O2/c1-2-8-26-19-17(21)10-15(11-18(19)22)9-16(12-23)20(25)24-13-14-6-4-3-5-7-14/h2-7,9-11H,1,8,13H2,(H,24,25)/b16-9-. The minimum atomic E-state index is -0.421. The predicted molar refractivity (Wildman–Crippen MR) is 109 cm³/mol. The molecule has 0 aliphatic heterocycles. The number of nitrogens with one attached hydrogen (secondary N) is 1. The highest BCUT2D eigenvalue weighted by Crippen LogP contribution is 2.35. The van der Waals surface area contributed by atoms with Crippen molar-refractivity contribution in [3.05, 3.63) is 80.8 Å². The Hall–Kier alpha value is -2.36. The second-order valence-electron chi connectivity index (χ2n) is 5.25. The molecule has 0 saturated carbocycles. The molecule has 2 aromatic carbocycles. The normalized spacial score (nSPS) is 10.7. The molecule has 2 aromatic rings. The third kappa shape index (κ3) is 5.58. The molecule has 0 aromatic heterocycles. The van der Waals surface area contributed by atoms with Gasteiger partial charge < -0.3 is 10.1 Å². The van der Waals surface area contributed by atoms with E-state index >= 15 is 0 Å². The fourth-order valence-corrected chi connectivity index (χ4v) is 3.58. The van der Waals surface area contributed by atoms with Gasteiger partial charge in [-0.25, -0.2) is 0 Å². The maximum Gasteiger partial charge on any atom is 0.262 e. The van der Waals surface area contributed by atoms with E-state index in [-0.39, 0.29) is 5.57 Å². The Morgan fingerprint density at radius 2 is 1.88 bits per heavy atom. The first-order valence-electron chi connectivity index (χ1n) is 7.71. The Labute approximate surface area is 169 Å². The van der Waals surface area contributed by atoms with Crippen molar-refractivity contribution >= 4 is 43.8 Å². The molecule has 1 amide bonds. The summed E-state index contributed by atoms with van der Waals surface area (Å²) in [6, 6.07) is 15.0. The molecule has 0 fully saturated rings. The Kier molecular flexibility index (Phi) is 7.64. The van der Waals surface area contributed by atoms with Gasteiger partial charge in [0.25, 0.3) is 5.91 Å². The van der Waals surface area contributed by atoms with Crippen LogP contribution in [-0.2, 0) is 11.3 Å². The lowest BCUT2D eigenvalue weighted by Gasteiger charge is -2.10. The van der Waals surface area contributed by atoms with Crippen LogP contribution in [0.5, 0.6) is 5.75 Å². The number of halogens is 2. The lowest BCUT2D eigenvalue weighted by molar-refractivity contribution is -0.117. The number of hydrogen-bond donors (Lipinski definition) is 1. The van der Waals surface area contributed by atoms with E-state index in [1.807, 2.05) is 36.4 Å². The van der Waals surface area contributed by atoms with Gasteiger partial charge in [-0.1, -0.05) is 43.0 Å². The smallest absolute Gasteiger partial charge is 0.262 e. The van der Waals surface area contributed by atoms with Crippen molar-refractivity contribution in [3.8, 4) is 11.8 Å². The fourth-order valence-electron chi connectivity index (χ4n) is 2.13. The Bertz CT molecular complexity index is 848. The number of nitriles is 1. The van der Waals surface area contributed by atoms with Gasteiger partial charge in [-0.15, -0.1) is 0 Å². The highest BCUT2D eigenvalue weighted by molar-refractivity contribution is 9.11. The van der Waals surface area contributed by atoms with Gasteiger partial charge in [-0.2, -0.15) is 5.26 Å². The lowest BCUT2D eigenvalue weighted by Crippen LogP contribution is -2.23. The summed E-state index contributed by atoms with van der Waals surface area (Å²) in [5.41, 5.74) is 1.69. The highest BCUT2D eigenvalue weighted by atomic mass is 79.9. The Balaban J connectivity index is 2.16. The predicted octanol–water partition coefficient (Wildman–Crippen LogP) is 5.00. The summed E-state index contributed by atoms with van der Waals surface area (Å²) >= 11 is 6.87. The van der Waals surface area contributed by atoms with E-state index in [1.54, 1.807) is 18.2 Å². The van der Waals surface area contributed by atoms with Gasteiger partial charge in [0, 0.05) is 6.54 Å². The van der Waals surface area contributed by atoms with Crippen LogP contribution in [-0.4, -0.2) is 12.5 Å². The second-order valence-corrected chi connectivity index (χ2v) is 6.96. The van der Waals surface area contributed by atoms with E-state index in [0.717, 1.165) is 5.56 Å². The molecule has 26 heavy (non-hydrogen) atoms. The minimum absolute atomic E-state index is 0.0273. The largest absolute Gasteiger partial charge is 0.487 e. The van der Waals surface area contributed by atoms with Crippen LogP contribution in [0.4, 0.5) is 0 Å². The molecule has 2 rings (SSSR count). The van der Waals surface area contributed by atoms with E-state index in [9.17, 15) is 10.1 Å². The van der Waals surface area contributed by atoms with Crippen molar-refractivity contribution in [1.29, 1.82) is 5.26 Å². The number of benzene rings is 2. The number of amides is 1. The molecule has 0 atom stereocenters. The summed E-state index contributed by atoms with van der Waals surface area (Å²) in [4.78, 5) is 12.3. The number of carbonyl (C=O) groups is 1. The van der Waals surface area contributed by atoms with Crippen LogP contribution in [0.1, 0.15) is 11.1 Å². The number of rotatable bonds is 7. The number of ether oxygens (including phenoxy) is 1. The van der Waals surface area contributed by atoms with Crippen molar-refractivity contribution < 1.29 is 9.53 Å². The van der Waals surface area contributed by atoms with Gasteiger partial charge in [0.15, 0.2) is 0 Å². The van der Waals surface area contributed by atoms with Crippen molar-refractivity contribution in [2.24, 2.45) is 0 Å². The first kappa shape index (κ1) is 20.0. The molecule has 0 heterocycles. The van der Waals surface area contributed by atoms with E-state index in [2.05, 4.69) is 43.8 Å². The molecule has 0 saturated heterocycles. The molecule has 0 aliphatic rings. The van der Waals surface area contributed by atoms with E-state index in [4.69, 9.17) is 4.74 Å². The maximum atomic E-state index is 12.3. The molecular weight excluding hydrogens is 460 g/mol. The van der Waals surface area contributed by atoms with E-state index < -0.39 is 5.91 Å². The number of nitrogens with zero attached hydrogens (tertiary/aromatic N) is 1. The average molecular weight is 476 g/mol. The van der Waals surface area contributed by atoms with Gasteiger partial charge in [0.05, 0.1) is 8.95 Å². The van der Waals surface area contributed by atoms with Gasteiger partial charge in [-0.3, -0.25) is 4.79 Å². The molecule has 0 bridgehead atoms. The van der Waals surface area contributed by atoms with E-state index in [0.29, 0.717) is 33.4 Å². The molecular formula is C20H16Br2N2O2. The van der Waals surface area contributed by atoms with Crippen molar-refractivity contribution in [3.63, 3.8) is 0 Å². The van der Waals surface area contributed by atoms with E-state index in [1.165, 1.54) is 6.08 Å². The molecule has 0 unspecified atom stereocenters. The topological polar surface area (TPSA) is 62.1 Å². The van der Waals surface area contributed by atoms with Crippen LogP contribution in [0.3, 0.4) is 0 Å². The zero-order valence-corrected chi connectivity index (χ0v) is 17.0. The van der Waals surface area contributed by atoms with Crippen LogP contribution in [0.2, 0.25) is 0 Å². The SMILES string of the molecule is C=CCOc1c(Br)cc(/C=C(/C#N)C(=O)NCc2ccccc2)cc1Br. The summed E-state index contributed by atoms with van der Waals surface area (Å²) in [5.74, 6) is 0.213. The van der Waals surface area contributed by atoms with Gasteiger partial charge in [0.1, 0.15) is 24.0 Å². The monoisotopic (exact) mass is 474 g/mol. The van der Waals surface area contributed by atoms with Gasteiger partial charge >= 0.3 is 0 Å². The molecule has 0 radical (unpaired) electrons. The molecule has 132 valence electrons. The van der Waals surface area contributed by atoms with Crippen LogP contribution < -0.4 is 10.1 Å². The third-order valence-electron chi connectivity index (χ3n) is 3.34. The third-order valence-corrected chi connectivity index (χ3v) is 4.52. The zero-order chi connectivity index (χ0) is 18.9. The Morgan fingerprint density at radius 3 is 2.46 bits per heavy atom. The minimum Gasteiger partial charge on any atom is -0.487 e. The summed E-state index contributed by atoms with van der Waals surface area (Å²) in [6.07, 6.45) is 3.19. The number of carbonyl (C=O) groups excluding carboxylic acids is 1. The molecule has 0 aliphatic carbocycles. The molecule has 0 spiro atoms. The van der Waals surface area contributed by atoms with Crippen molar-refractivity contribution in [2.45, 2.75) is 6.54 Å². The summed E-state index contributed by atoms with van der Waals surface area (Å²) < 4.78 is 6.98. The molecule has 1 N–H and O–H groups in total.